The average molecular weight is 333 g/mol. The Balaban J connectivity index is 1.67. The van der Waals surface area contributed by atoms with Gasteiger partial charge in [0.15, 0.2) is 11.5 Å². The van der Waals surface area contributed by atoms with Crippen LogP contribution >= 0.6 is 0 Å². The molecule has 128 valence electrons. The van der Waals surface area contributed by atoms with E-state index in [1.54, 1.807) is 31.4 Å². The van der Waals surface area contributed by atoms with Gasteiger partial charge in [-0.15, -0.1) is 0 Å². The highest BCUT2D eigenvalue weighted by Gasteiger charge is 2.53. The number of hydrogen-bond donors (Lipinski definition) is 2. The summed E-state index contributed by atoms with van der Waals surface area (Å²) in [5.74, 6) is -1.72. The molecule has 0 saturated carbocycles. The van der Waals surface area contributed by atoms with Crippen LogP contribution in [0, 0.1) is 11.8 Å². The molecule has 1 saturated heterocycles. The van der Waals surface area contributed by atoms with Gasteiger partial charge in [-0.3, -0.25) is 9.59 Å². The molecule has 1 aromatic carbocycles. The molecule has 2 bridgehead atoms. The number of carbonyl (C=O) groups is 2. The highest BCUT2D eigenvalue weighted by atomic mass is 16.5. The summed E-state index contributed by atoms with van der Waals surface area (Å²) in [7, 11) is 3.09. The third kappa shape index (κ3) is 2.82. The van der Waals surface area contributed by atoms with Crippen molar-refractivity contribution in [3.8, 4) is 11.5 Å². The van der Waals surface area contributed by atoms with Crippen molar-refractivity contribution in [3.63, 3.8) is 0 Å². The maximum atomic E-state index is 12.5. The molecule has 2 aliphatic heterocycles. The predicted octanol–water partition coefficient (Wildman–Crippen LogP) is 0.974. The maximum absolute atomic E-state index is 12.5. The van der Waals surface area contributed by atoms with Crippen molar-refractivity contribution in [3.05, 3.63) is 35.9 Å². The van der Waals surface area contributed by atoms with Gasteiger partial charge in [0.05, 0.1) is 32.3 Å². The normalized spacial score (nSPS) is 27.1. The quantitative estimate of drug-likeness (QED) is 0.754. The molecule has 2 N–H and O–H groups in total. The second kappa shape index (κ2) is 6.52. The molecule has 0 aromatic heterocycles. The zero-order chi connectivity index (χ0) is 17.3. The highest BCUT2D eigenvalue weighted by Crippen LogP contribution is 2.39. The van der Waals surface area contributed by atoms with Crippen LogP contribution in [-0.4, -0.2) is 43.4 Å². The lowest BCUT2D eigenvalue weighted by atomic mass is 9.82. The van der Waals surface area contributed by atoms with E-state index >= 15 is 0 Å². The van der Waals surface area contributed by atoms with Crippen LogP contribution in [0.25, 0.3) is 0 Å². The van der Waals surface area contributed by atoms with Crippen molar-refractivity contribution in [2.75, 3.05) is 14.2 Å². The van der Waals surface area contributed by atoms with E-state index in [-0.39, 0.29) is 12.5 Å². The number of rotatable bonds is 6. The molecule has 0 spiro atoms. The van der Waals surface area contributed by atoms with Gasteiger partial charge in [-0.2, -0.15) is 0 Å². The van der Waals surface area contributed by atoms with Gasteiger partial charge in [-0.1, -0.05) is 18.2 Å². The van der Waals surface area contributed by atoms with E-state index in [0.29, 0.717) is 11.5 Å². The van der Waals surface area contributed by atoms with Gasteiger partial charge in [0.1, 0.15) is 5.92 Å². The molecule has 2 heterocycles. The molecule has 2 aliphatic rings. The summed E-state index contributed by atoms with van der Waals surface area (Å²) in [6.07, 6.45) is 2.47. The first-order valence-electron chi connectivity index (χ1n) is 7.60. The predicted molar refractivity (Wildman–Crippen MR) is 83.8 cm³/mol. The van der Waals surface area contributed by atoms with E-state index in [2.05, 4.69) is 5.32 Å². The molecule has 0 radical (unpaired) electrons. The lowest BCUT2D eigenvalue weighted by Gasteiger charge is -2.21. The van der Waals surface area contributed by atoms with Crippen molar-refractivity contribution in [1.82, 2.24) is 5.32 Å². The molecule has 7 heteroatoms. The van der Waals surface area contributed by atoms with Crippen LogP contribution in [-0.2, 0) is 20.9 Å². The molecular formula is C17H19NO6. The second-order valence-corrected chi connectivity index (χ2v) is 5.75. The fraction of sp³-hybridized carbons (Fsp3) is 0.412. The van der Waals surface area contributed by atoms with Crippen LogP contribution in [0.2, 0.25) is 0 Å². The fourth-order valence-corrected chi connectivity index (χ4v) is 3.21. The molecule has 0 aliphatic carbocycles. The van der Waals surface area contributed by atoms with Gasteiger partial charge in [-0.05, 0) is 17.7 Å². The lowest BCUT2D eigenvalue weighted by molar-refractivity contribution is -0.146. The first kappa shape index (κ1) is 16.3. The van der Waals surface area contributed by atoms with Gasteiger partial charge < -0.3 is 24.6 Å². The molecule has 3 rings (SSSR count). The minimum Gasteiger partial charge on any atom is -0.493 e. The first-order chi connectivity index (χ1) is 11.5. The summed E-state index contributed by atoms with van der Waals surface area (Å²) in [5, 5.41) is 12.1. The Bertz CT molecular complexity index is 686. The summed E-state index contributed by atoms with van der Waals surface area (Å²) in [5.41, 5.74) is 0.826. The minimum absolute atomic E-state index is 0.267. The van der Waals surface area contributed by atoms with Gasteiger partial charge in [0.25, 0.3) is 0 Å². The van der Waals surface area contributed by atoms with Crippen molar-refractivity contribution < 1.29 is 28.9 Å². The van der Waals surface area contributed by atoms with Gasteiger partial charge in [0.2, 0.25) is 5.91 Å². The summed E-state index contributed by atoms with van der Waals surface area (Å²) in [6, 6.07) is 5.34. The molecule has 1 amide bonds. The zero-order valence-electron chi connectivity index (χ0n) is 13.4. The number of benzene rings is 1. The first-order valence-corrected chi connectivity index (χ1v) is 7.60. The number of methoxy groups -OCH3 is 2. The summed E-state index contributed by atoms with van der Waals surface area (Å²) >= 11 is 0. The molecule has 4 atom stereocenters. The summed E-state index contributed by atoms with van der Waals surface area (Å²) in [6.45, 7) is 0.267. The standard InChI is InChI=1S/C17H19NO6/c1-22-10-4-3-9(7-13(10)23-2)8-18-16(19)14-11-5-6-12(24-11)15(14)17(20)21/h3-7,11-12,14-15H,8H2,1-2H3,(H,18,19)(H,20,21)/t11-,12-,14-,15-/m1/s1. The number of nitrogens with one attached hydrogen (secondary N) is 1. The van der Waals surface area contributed by atoms with Crippen molar-refractivity contribution in [1.29, 1.82) is 0 Å². The fourth-order valence-electron chi connectivity index (χ4n) is 3.21. The Hall–Kier alpha value is -2.54. The van der Waals surface area contributed by atoms with Crippen LogP contribution in [0.4, 0.5) is 0 Å². The largest absolute Gasteiger partial charge is 0.493 e. The van der Waals surface area contributed by atoms with Gasteiger partial charge in [0, 0.05) is 6.54 Å². The van der Waals surface area contributed by atoms with Crippen LogP contribution in [0.1, 0.15) is 5.56 Å². The van der Waals surface area contributed by atoms with E-state index in [0.717, 1.165) is 5.56 Å². The number of carboxylic acid groups (broad SMARTS) is 1. The summed E-state index contributed by atoms with van der Waals surface area (Å²) in [4.78, 5) is 23.9. The van der Waals surface area contributed by atoms with Crippen molar-refractivity contribution in [2.24, 2.45) is 11.8 Å². The Morgan fingerprint density at radius 3 is 2.42 bits per heavy atom. The highest BCUT2D eigenvalue weighted by molar-refractivity contribution is 5.87. The number of aliphatic carboxylic acids is 1. The third-order valence-corrected chi connectivity index (χ3v) is 4.40. The lowest BCUT2D eigenvalue weighted by Crippen LogP contribution is -2.42. The number of carboxylic acids is 1. The Kier molecular flexibility index (Phi) is 4.44. The number of carbonyl (C=O) groups excluding carboxylic acids is 1. The Morgan fingerprint density at radius 1 is 1.12 bits per heavy atom. The third-order valence-electron chi connectivity index (χ3n) is 4.40. The average Bonchev–Trinajstić information content (AvgIpc) is 3.20. The number of amides is 1. The monoisotopic (exact) mass is 333 g/mol. The van der Waals surface area contributed by atoms with Crippen LogP contribution in [0.15, 0.2) is 30.4 Å². The van der Waals surface area contributed by atoms with E-state index in [9.17, 15) is 14.7 Å². The molecule has 1 aromatic rings. The van der Waals surface area contributed by atoms with Crippen LogP contribution in [0.3, 0.4) is 0 Å². The zero-order valence-corrected chi connectivity index (χ0v) is 13.4. The van der Waals surface area contributed by atoms with Gasteiger partial charge >= 0.3 is 5.97 Å². The Labute approximate surface area is 139 Å². The van der Waals surface area contributed by atoms with E-state index in [1.807, 2.05) is 6.07 Å². The van der Waals surface area contributed by atoms with Crippen LogP contribution in [0.5, 0.6) is 11.5 Å². The molecule has 24 heavy (non-hydrogen) atoms. The topological polar surface area (TPSA) is 94.1 Å². The second-order valence-electron chi connectivity index (χ2n) is 5.75. The number of fused-ring (bicyclic) bond motifs is 2. The van der Waals surface area contributed by atoms with E-state index in [1.165, 1.54) is 7.11 Å². The number of hydrogen-bond acceptors (Lipinski definition) is 5. The molecule has 0 unspecified atom stereocenters. The smallest absolute Gasteiger partial charge is 0.310 e. The van der Waals surface area contributed by atoms with E-state index in [4.69, 9.17) is 14.2 Å². The van der Waals surface area contributed by atoms with Gasteiger partial charge in [-0.25, -0.2) is 0 Å². The van der Waals surface area contributed by atoms with E-state index < -0.39 is 30.0 Å². The van der Waals surface area contributed by atoms with Crippen molar-refractivity contribution in [2.45, 2.75) is 18.8 Å². The Morgan fingerprint density at radius 2 is 1.79 bits per heavy atom. The maximum Gasteiger partial charge on any atom is 0.310 e. The SMILES string of the molecule is COc1ccc(CNC(=O)[C@H]2[C@H](C(=O)O)[C@H]3C=C[C@H]2O3)cc1OC. The van der Waals surface area contributed by atoms with Crippen LogP contribution < -0.4 is 14.8 Å². The molecule has 1 fully saturated rings. The van der Waals surface area contributed by atoms with Crippen molar-refractivity contribution >= 4 is 11.9 Å². The molecular weight excluding hydrogens is 314 g/mol. The summed E-state index contributed by atoms with van der Waals surface area (Å²) < 4.78 is 15.9. The molecule has 7 nitrogen and oxygen atoms in total. The number of ether oxygens (including phenoxy) is 3. The minimum atomic E-state index is -1.02.